The predicted octanol–water partition coefficient (Wildman–Crippen LogP) is 4.38. The summed E-state index contributed by atoms with van der Waals surface area (Å²) < 4.78 is 17.8. The second-order valence-electron chi connectivity index (χ2n) is 8.32. The summed E-state index contributed by atoms with van der Waals surface area (Å²) in [7, 11) is 1.61. The Morgan fingerprint density at radius 1 is 1.03 bits per heavy atom. The van der Waals surface area contributed by atoms with E-state index in [9.17, 15) is 9.59 Å². The lowest BCUT2D eigenvalue weighted by atomic mass is 10.1. The van der Waals surface area contributed by atoms with Gasteiger partial charge in [-0.05, 0) is 61.5 Å². The van der Waals surface area contributed by atoms with Crippen molar-refractivity contribution >= 4 is 17.8 Å². The van der Waals surface area contributed by atoms with E-state index in [1.54, 1.807) is 25.3 Å². The van der Waals surface area contributed by atoms with Crippen LogP contribution < -0.4 is 19.5 Å². The first-order valence-electron chi connectivity index (χ1n) is 11.8. The van der Waals surface area contributed by atoms with Gasteiger partial charge in [0.1, 0.15) is 12.3 Å². The van der Waals surface area contributed by atoms with E-state index < -0.39 is 0 Å². The molecule has 0 spiro atoms. The molecule has 9 heteroatoms. The quantitative estimate of drug-likeness (QED) is 0.388. The highest BCUT2D eigenvalue weighted by Crippen LogP contribution is 2.33. The summed E-state index contributed by atoms with van der Waals surface area (Å²) >= 11 is 0. The Hall–Kier alpha value is -4.79. The summed E-state index contributed by atoms with van der Waals surface area (Å²) in [5.41, 5.74) is 2.82. The topological polar surface area (TPSA) is 94.9 Å². The number of carbonyl (C=O) groups is 2. The Morgan fingerprint density at radius 2 is 1.78 bits per heavy atom. The lowest BCUT2D eigenvalue weighted by molar-refractivity contribution is -0.116. The fourth-order valence-electron chi connectivity index (χ4n) is 4.03. The average molecular weight is 499 g/mol. The van der Waals surface area contributed by atoms with Crippen LogP contribution in [0.15, 0.2) is 79.0 Å². The van der Waals surface area contributed by atoms with E-state index in [-0.39, 0.29) is 25.2 Å². The van der Waals surface area contributed by atoms with Crippen LogP contribution in [-0.4, -0.2) is 53.3 Å². The molecule has 1 aromatic heterocycles. The van der Waals surface area contributed by atoms with Gasteiger partial charge in [-0.15, -0.1) is 0 Å². The van der Waals surface area contributed by atoms with Gasteiger partial charge < -0.3 is 19.1 Å². The Bertz CT molecular complexity index is 1420. The molecule has 2 heterocycles. The van der Waals surface area contributed by atoms with Gasteiger partial charge in [-0.25, -0.2) is 4.98 Å². The zero-order valence-electron chi connectivity index (χ0n) is 20.5. The van der Waals surface area contributed by atoms with Crippen molar-refractivity contribution in [3.05, 3.63) is 84.6 Å². The molecule has 188 valence electrons. The number of rotatable bonds is 8. The molecule has 37 heavy (non-hydrogen) atoms. The van der Waals surface area contributed by atoms with Gasteiger partial charge in [0.15, 0.2) is 11.5 Å². The van der Waals surface area contributed by atoms with E-state index in [0.717, 1.165) is 17.0 Å². The third-order valence-electron chi connectivity index (χ3n) is 6.00. The second kappa shape index (κ2) is 10.4. The Kier molecular flexibility index (Phi) is 6.76. The Morgan fingerprint density at radius 3 is 2.51 bits per heavy atom. The van der Waals surface area contributed by atoms with Crippen LogP contribution in [0.1, 0.15) is 17.3 Å². The van der Waals surface area contributed by atoms with Crippen LogP contribution in [-0.2, 0) is 4.79 Å². The minimum absolute atomic E-state index is 0.124. The number of hydrogen-bond donors (Lipinski definition) is 1. The monoisotopic (exact) mass is 498 g/mol. The van der Waals surface area contributed by atoms with Crippen LogP contribution in [0, 0.1) is 0 Å². The Balaban J connectivity index is 1.37. The number of fused-ring (bicyclic) bond motifs is 1. The summed E-state index contributed by atoms with van der Waals surface area (Å²) in [6.07, 6.45) is 1.86. The molecule has 3 aromatic carbocycles. The third-order valence-corrected chi connectivity index (χ3v) is 6.00. The standard InChI is InChI=1S/C28H26N4O5/c1-3-31(27(34)20-11-14-24-25(15-20)37-18-36-24)17-26(33)30-28-29-23(19-9-12-22(35-2)13-10-19)16-32(28)21-7-5-4-6-8-21/h4-16H,3,17-18H2,1-2H3,(H,29,30,33). The van der Waals surface area contributed by atoms with Crippen molar-refractivity contribution in [1.29, 1.82) is 0 Å². The largest absolute Gasteiger partial charge is 0.497 e. The number of nitrogens with zero attached hydrogens (tertiary/aromatic N) is 3. The lowest BCUT2D eigenvalue weighted by Gasteiger charge is -2.20. The van der Waals surface area contributed by atoms with Crippen molar-refractivity contribution in [3.8, 4) is 34.2 Å². The zero-order chi connectivity index (χ0) is 25.8. The minimum atomic E-state index is -0.361. The molecule has 0 aliphatic carbocycles. The summed E-state index contributed by atoms with van der Waals surface area (Å²) in [6.45, 7) is 2.17. The SMILES string of the molecule is CCN(CC(=O)Nc1nc(-c2ccc(OC)cc2)cn1-c1ccccc1)C(=O)c1ccc2c(c1)OCO2. The van der Waals surface area contributed by atoms with Gasteiger partial charge in [0, 0.05) is 29.6 Å². The predicted molar refractivity (Wildman–Crippen MR) is 138 cm³/mol. The van der Waals surface area contributed by atoms with Gasteiger partial charge in [0.2, 0.25) is 18.6 Å². The summed E-state index contributed by atoms with van der Waals surface area (Å²) in [5.74, 6) is 1.57. The molecule has 2 amide bonds. The van der Waals surface area contributed by atoms with Gasteiger partial charge in [-0.3, -0.25) is 19.5 Å². The van der Waals surface area contributed by atoms with Crippen molar-refractivity contribution < 1.29 is 23.8 Å². The van der Waals surface area contributed by atoms with Crippen molar-refractivity contribution in [3.63, 3.8) is 0 Å². The van der Waals surface area contributed by atoms with Crippen molar-refractivity contribution in [2.24, 2.45) is 0 Å². The van der Waals surface area contributed by atoms with E-state index in [2.05, 4.69) is 10.3 Å². The average Bonchev–Trinajstić information content (AvgIpc) is 3.58. The minimum Gasteiger partial charge on any atom is -0.497 e. The van der Waals surface area contributed by atoms with Crippen LogP contribution in [0.2, 0.25) is 0 Å². The van der Waals surface area contributed by atoms with Gasteiger partial charge in [-0.2, -0.15) is 0 Å². The number of nitrogens with one attached hydrogen (secondary N) is 1. The molecular weight excluding hydrogens is 472 g/mol. The summed E-state index contributed by atoms with van der Waals surface area (Å²) in [5, 5.41) is 2.88. The zero-order valence-corrected chi connectivity index (χ0v) is 20.5. The normalized spacial score (nSPS) is 11.7. The van der Waals surface area contributed by atoms with Crippen molar-refractivity contribution in [2.45, 2.75) is 6.92 Å². The number of benzene rings is 3. The van der Waals surface area contributed by atoms with Gasteiger partial charge in [0.05, 0.1) is 12.8 Å². The molecule has 1 N–H and O–H groups in total. The summed E-state index contributed by atoms with van der Waals surface area (Å²) in [6, 6.07) is 22.1. The van der Waals surface area contributed by atoms with Crippen molar-refractivity contribution in [1.82, 2.24) is 14.5 Å². The molecule has 0 unspecified atom stereocenters. The number of hydrogen-bond acceptors (Lipinski definition) is 6. The molecule has 0 radical (unpaired) electrons. The van der Waals surface area contributed by atoms with Gasteiger partial charge >= 0.3 is 0 Å². The highest BCUT2D eigenvalue weighted by atomic mass is 16.7. The van der Waals surface area contributed by atoms with E-state index >= 15 is 0 Å². The van der Waals surface area contributed by atoms with Crippen LogP contribution in [0.4, 0.5) is 5.95 Å². The molecule has 0 atom stereocenters. The van der Waals surface area contributed by atoms with Crippen molar-refractivity contribution in [2.75, 3.05) is 32.3 Å². The maximum Gasteiger partial charge on any atom is 0.254 e. The number of imidazole rings is 1. The van der Waals surface area contributed by atoms with E-state index in [1.807, 2.05) is 72.3 Å². The number of para-hydroxylation sites is 1. The molecule has 1 aliphatic heterocycles. The molecule has 4 aromatic rings. The van der Waals surface area contributed by atoms with Gasteiger partial charge in [0.25, 0.3) is 5.91 Å². The van der Waals surface area contributed by atoms with Crippen LogP contribution in [0.5, 0.6) is 17.2 Å². The maximum atomic E-state index is 13.1. The number of ether oxygens (including phenoxy) is 3. The molecule has 0 saturated carbocycles. The fraction of sp³-hybridized carbons (Fsp3) is 0.179. The fourth-order valence-corrected chi connectivity index (χ4v) is 4.03. The van der Waals surface area contributed by atoms with Gasteiger partial charge in [-0.1, -0.05) is 18.2 Å². The number of likely N-dealkylation sites (N-methyl/N-ethyl adjacent to an activating group) is 1. The smallest absolute Gasteiger partial charge is 0.254 e. The van der Waals surface area contributed by atoms with Crippen LogP contribution in [0.3, 0.4) is 0 Å². The van der Waals surface area contributed by atoms with E-state index in [0.29, 0.717) is 35.2 Å². The number of carbonyl (C=O) groups excluding carboxylic acids is 2. The molecule has 0 saturated heterocycles. The van der Waals surface area contributed by atoms with E-state index in [1.165, 1.54) is 4.90 Å². The molecule has 0 fully saturated rings. The highest BCUT2D eigenvalue weighted by molar-refractivity contribution is 5.99. The summed E-state index contributed by atoms with van der Waals surface area (Å²) in [4.78, 5) is 32.4. The third kappa shape index (κ3) is 5.11. The molecule has 9 nitrogen and oxygen atoms in total. The van der Waals surface area contributed by atoms with E-state index in [4.69, 9.17) is 14.2 Å². The first-order valence-corrected chi connectivity index (χ1v) is 11.8. The van der Waals surface area contributed by atoms with Crippen LogP contribution in [0.25, 0.3) is 16.9 Å². The first-order chi connectivity index (χ1) is 18.1. The van der Waals surface area contributed by atoms with Crippen LogP contribution >= 0.6 is 0 Å². The lowest BCUT2D eigenvalue weighted by Crippen LogP contribution is -2.38. The highest BCUT2D eigenvalue weighted by Gasteiger charge is 2.22. The molecule has 0 bridgehead atoms. The molecule has 1 aliphatic rings. The number of anilines is 1. The second-order valence-corrected chi connectivity index (χ2v) is 8.32. The molecule has 5 rings (SSSR count). The number of amides is 2. The Labute approximate surface area is 214 Å². The maximum absolute atomic E-state index is 13.1. The first kappa shape index (κ1) is 23.9. The molecular formula is C28H26N4O5. The number of methoxy groups -OCH3 is 1. The number of aromatic nitrogens is 2.